The van der Waals surface area contributed by atoms with Crippen molar-refractivity contribution in [3.8, 4) is 6.07 Å². The molecule has 5 nitrogen and oxygen atoms in total. The summed E-state index contributed by atoms with van der Waals surface area (Å²) in [7, 11) is 0. The van der Waals surface area contributed by atoms with Gasteiger partial charge in [-0.05, 0) is 55.7 Å². The number of carbonyl (C=O) groups is 1. The van der Waals surface area contributed by atoms with E-state index in [2.05, 4.69) is 5.32 Å². The van der Waals surface area contributed by atoms with Gasteiger partial charge >= 0.3 is 6.18 Å². The number of aliphatic hydroxyl groups is 1. The van der Waals surface area contributed by atoms with E-state index in [-0.39, 0.29) is 12.2 Å². The van der Waals surface area contributed by atoms with Crippen LogP contribution in [0.5, 0.6) is 0 Å². The van der Waals surface area contributed by atoms with Crippen LogP contribution in [-0.2, 0) is 17.4 Å². The first-order valence-electron chi connectivity index (χ1n) is 9.20. The molecule has 0 fully saturated rings. The third kappa shape index (κ3) is 4.54. The topological polar surface area (TPSA) is 76.4 Å². The number of alkyl halides is 3. The molecule has 0 unspecified atom stereocenters. The number of fused-ring (bicyclic) bond motifs is 1. The highest BCUT2D eigenvalue weighted by molar-refractivity contribution is 5.97. The fourth-order valence-corrected chi connectivity index (χ4v) is 3.45. The van der Waals surface area contributed by atoms with Gasteiger partial charge in [0.2, 0.25) is 0 Å². The molecule has 0 radical (unpaired) electrons. The van der Waals surface area contributed by atoms with Gasteiger partial charge in [0.25, 0.3) is 5.91 Å². The van der Waals surface area contributed by atoms with Crippen molar-refractivity contribution >= 4 is 17.3 Å². The van der Waals surface area contributed by atoms with Crippen LogP contribution >= 0.6 is 0 Å². The van der Waals surface area contributed by atoms with Crippen molar-refractivity contribution in [2.24, 2.45) is 0 Å². The number of nitrogens with one attached hydrogen (secondary N) is 1. The zero-order valence-corrected chi connectivity index (χ0v) is 16.1. The van der Waals surface area contributed by atoms with Crippen molar-refractivity contribution in [2.45, 2.75) is 31.5 Å². The fourth-order valence-electron chi connectivity index (χ4n) is 3.45. The first-order chi connectivity index (χ1) is 14.0. The van der Waals surface area contributed by atoms with E-state index >= 15 is 0 Å². The SMILES string of the molecule is C[C@](O)(CN1CCCc2ccc(F)cc21)C(=O)Nc1ccc(C#N)c(C(F)(F)F)c1. The molecule has 2 aromatic rings. The van der Waals surface area contributed by atoms with E-state index < -0.39 is 34.6 Å². The minimum Gasteiger partial charge on any atom is -0.378 e. The maximum atomic E-state index is 13.7. The first-order valence-corrected chi connectivity index (χ1v) is 9.20. The third-order valence-electron chi connectivity index (χ3n) is 4.95. The van der Waals surface area contributed by atoms with E-state index in [1.165, 1.54) is 25.1 Å². The lowest BCUT2D eigenvalue weighted by Gasteiger charge is -2.36. The lowest BCUT2D eigenvalue weighted by Crippen LogP contribution is -2.50. The number of rotatable bonds is 4. The highest BCUT2D eigenvalue weighted by Gasteiger charge is 2.36. The Morgan fingerprint density at radius 3 is 2.67 bits per heavy atom. The summed E-state index contributed by atoms with van der Waals surface area (Å²) >= 11 is 0. The number of benzene rings is 2. The fraction of sp³-hybridized carbons (Fsp3) is 0.333. The molecule has 1 atom stereocenters. The molecule has 1 aliphatic rings. The van der Waals surface area contributed by atoms with E-state index in [1.54, 1.807) is 11.0 Å². The van der Waals surface area contributed by atoms with Gasteiger partial charge in [-0.3, -0.25) is 4.79 Å². The van der Waals surface area contributed by atoms with E-state index in [4.69, 9.17) is 5.26 Å². The second-order valence-corrected chi connectivity index (χ2v) is 7.40. The predicted octanol–water partition coefficient (Wildman–Crippen LogP) is 3.86. The Kier molecular flexibility index (Phi) is 5.72. The number of amides is 1. The van der Waals surface area contributed by atoms with Crippen LogP contribution in [-0.4, -0.2) is 29.7 Å². The van der Waals surface area contributed by atoms with Crippen LogP contribution in [0.3, 0.4) is 0 Å². The van der Waals surface area contributed by atoms with Gasteiger partial charge in [-0.2, -0.15) is 18.4 Å². The third-order valence-corrected chi connectivity index (χ3v) is 4.95. The summed E-state index contributed by atoms with van der Waals surface area (Å²) in [6.45, 7) is 1.57. The Morgan fingerprint density at radius 2 is 2.00 bits per heavy atom. The van der Waals surface area contributed by atoms with Crippen molar-refractivity contribution < 1.29 is 27.5 Å². The number of halogens is 4. The highest BCUT2D eigenvalue weighted by atomic mass is 19.4. The Morgan fingerprint density at radius 1 is 1.27 bits per heavy atom. The maximum absolute atomic E-state index is 13.7. The summed E-state index contributed by atoms with van der Waals surface area (Å²) in [6.07, 6.45) is -3.28. The minimum absolute atomic E-state index is 0.169. The smallest absolute Gasteiger partial charge is 0.378 e. The van der Waals surface area contributed by atoms with Crippen molar-refractivity contribution in [1.29, 1.82) is 5.26 Å². The second kappa shape index (κ2) is 7.95. The van der Waals surface area contributed by atoms with Crippen LogP contribution in [0.4, 0.5) is 28.9 Å². The molecule has 1 amide bonds. The van der Waals surface area contributed by atoms with Crippen LogP contribution < -0.4 is 10.2 Å². The second-order valence-electron chi connectivity index (χ2n) is 7.40. The standard InChI is InChI=1S/C21H19F4N3O2/c1-20(30,12-28-8-2-3-13-4-6-15(22)9-18(13)28)19(29)27-16-7-5-14(11-26)17(10-16)21(23,24)25/h4-7,9-10,30H,2-3,8,12H2,1H3,(H,27,29)/t20-/m0/s1. The molecule has 2 N–H and O–H groups in total. The van der Waals surface area contributed by atoms with Gasteiger partial charge in [0.05, 0.1) is 23.7 Å². The van der Waals surface area contributed by atoms with E-state index in [0.29, 0.717) is 18.3 Å². The molecule has 0 bridgehead atoms. The maximum Gasteiger partial charge on any atom is 0.417 e. The zero-order valence-electron chi connectivity index (χ0n) is 16.1. The van der Waals surface area contributed by atoms with Crippen molar-refractivity contribution in [3.63, 3.8) is 0 Å². The average molecular weight is 421 g/mol. The van der Waals surface area contributed by atoms with Gasteiger partial charge in [0, 0.05) is 17.9 Å². The molecule has 3 rings (SSSR count). The molecule has 0 saturated heterocycles. The largest absolute Gasteiger partial charge is 0.417 e. The molecule has 1 aliphatic heterocycles. The van der Waals surface area contributed by atoms with Crippen molar-refractivity contribution in [2.75, 3.05) is 23.3 Å². The van der Waals surface area contributed by atoms with Gasteiger partial charge < -0.3 is 15.3 Å². The number of anilines is 2. The van der Waals surface area contributed by atoms with Crippen LogP contribution in [0.15, 0.2) is 36.4 Å². The molecule has 1 heterocycles. The number of nitriles is 1. The number of hydrogen-bond donors (Lipinski definition) is 2. The summed E-state index contributed by atoms with van der Waals surface area (Å²) in [5.41, 5.74) is -2.45. The molecule has 158 valence electrons. The molecular weight excluding hydrogens is 402 g/mol. The number of nitrogens with zero attached hydrogens (tertiary/aromatic N) is 2. The van der Waals surface area contributed by atoms with Crippen LogP contribution in [0.1, 0.15) is 30.0 Å². The molecule has 0 spiro atoms. The molecule has 0 aromatic heterocycles. The highest BCUT2D eigenvalue weighted by Crippen LogP contribution is 2.34. The summed E-state index contributed by atoms with van der Waals surface area (Å²) in [6, 6.07) is 8.56. The van der Waals surface area contributed by atoms with Crippen LogP contribution in [0.2, 0.25) is 0 Å². The molecule has 0 saturated carbocycles. The molecule has 0 aliphatic carbocycles. The summed E-state index contributed by atoms with van der Waals surface area (Å²) < 4.78 is 53.0. The Labute approximate surface area is 170 Å². The number of carbonyl (C=O) groups excluding carboxylic acids is 1. The quantitative estimate of drug-likeness (QED) is 0.736. The first kappa shape index (κ1) is 21.6. The molecular formula is C21H19F4N3O2. The van der Waals surface area contributed by atoms with Gasteiger partial charge in [0.15, 0.2) is 5.60 Å². The number of hydrogen-bond acceptors (Lipinski definition) is 4. The Hall–Kier alpha value is -3.12. The minimum atomic E-state index is -4.77. The summed E-state index contributed by atoms with van der Waals surface area (Å²) in [5, 5.41) is 21.8. The Bertz CT molecular complexity index is 1010. The Balaban J connectivity index is 1.79. The van der Waals surface area contributed by atoms with Gasteiger partial charge in [0.1, 0.15) is 5.82 Å². The van der Waals surface area contributed by atoms with E-state index in [0.717, 1.165) is 30.5 Å². The average Bonchev–Trinajstić information content (AvgIpc) is 2.67. The molecule has 2 aromatic carbocycles. The van der Waals surface area contributed by atoms with Gasteiger partial charge in [-0.25, -0.2) is 4.39 Å². The predicted molar refractivity (Wildman–Crippen MR) is 102 cm³/mol. The van der Waals surface area contributed by atoms with Crippen molar-refractivity contribution in [1.82, 2.24) is 0 Å². The van der Waals surface area contributed by atoms with Crippen molar-refractivity contribution in [3.05, 3.63) is 58.9 Å². The summed E-state index contributed by atoms with van der Waals surface area (Å²) in [4.78, 5) is 14.3. The molecule has 9 heteroatoms. The molecule has 30 heavy (non-hydrogen) atoms. The lowest BCUT2D eigenvalue weighted by molar-refractivity contribution is -0.138. The lowest BCUT2D eigenvalue weighted by atomic mass is 9.98. The van der Waals surface area contributed by atoms with Crippen LogP contribution in [0.25, 0.3) is 0 Å². The van der Waals surface area contributed by atoms with Gasteiger partial charge in [-0.1, -0.05) is 6.07 Å². The van der Waals surface area contributed by atoms with Gasteiger partial charge in [-0.15, -0.1) is 0 Å². The number of aryl methyl sites for hydroxylation is 1. The monoisotopic (exact) mass is 421 g/mol. The normalized spacial score (nSPS) is 15.7. The van der Waals surface area contributed by atoms with Crippen LogP contribution in [0, 0.1) is 17.1 Å². The van der Waals surface area contributed by atoms with E-state index in [1.807, 2.05) is 0 Å². The number of β-amino-alcohol motifs (C(OH)–C–C–N with tert-alkyl or cyclic N) is 1. The van der Waals surface area contributed by atoms with E-state index in [9.17, 15) is 27.5 Å². The zero-order chi connectivity index (χ0) is 22.1. The summed E-state index contributed by atoms with van der Waals surface area (Å²) in [5.74, 6) is -1.36.